The number of aromatic amines is 1. The molecule has 0 bridgehead atoms. The lowest BCUT2D eigenvalue weighted by molar-refractivity contribution is -0.0413. The van der Waals surface area contributed by atoms with Crippen molar-refractivity contribution in [3.05, 3.63) is 30.6 Å². The number of ether oxygens (including phenoxy) is 1. The van der Waals surface area contributed by atoms with E-state index in [0.717, 1.165) is 0 Å². The summed E-state index contributed by atoms with van der Waals surface area (Å²) in [5.41, 5.74) is -0.848. The van der Waals surface area contributed by atoms with Crippen molar-refractivity contribution in [3.63, 3.8) is 0 Å². The predicted molar refractivity (Wildman–Crippen MR) is 138 cm³/mol. The maximum atomic E-state index is 12.5. The van der Waals surface area contributed by atoms with Gasteiger partial charge in [-0.25, -0.2) is 4.79 Å². The first-order valence-corrected chi connectivity index (χ1v) is 17.7. The maximum Gasteiger partial charge on any atom is 0.330 e. The average molecular weight is 583 g/mol. The highest BCUT2D eigenvalue weighted by molar-refractivity contribution is 14.1. The minimum Gasteiger partial charge on any atom is -0.414 e. The molecule has 0 aromatic carbocycles. The summed E-state index contributed by atoms with van der Waals surface area (Å²) in [5.74, 6) is 0. The first kappa shape index (κ1) is 27.0. The Morgan fingerprint density at radius 3 is 2.16 bits per heavy atom. The summed E-state index contributed by atoms with van der Waals surface area (Å²) >= 11 is 1.93. The summed E-state index contributed by atoms with van der Waals surface area (Å²) in [6.07, 6.45) is 1.16. The van der Waals surface area contributed by atoms with Gasteiger partial charge in [-0.3, -0.25) is 14.3 Å². The van der Waals surface area contributed by atoms with Crippen molar-refractivity contribution in [2.75, 3.05) is 6.61 Å². The van der Waals surface area contributed by atoms with Crippen LogP contribution >= 0.6 is 22.6 Å². The van der Waals surface area contributed by atoms with Crippen LogP contribution in [0.4, 0.5) is 0 Å². The van der Waals surface area contributed by atoms with E-state index < -0.39 is 28.6 Å². The number of hydrogen-bond donors (Lipinski definition) is 1. The zero-order valence-electron chi connectivity index (χ0n) is 20.6. The van der Waals surface area contributed by atoms with E-state index in [4.69, 9.17) is 13.6 Å². The van der Waals surface area contributed by atoms with Crippen molar-refractivity contribution in [2.24, 2.45) is 0 Å². The third-order valence-electron chi connectivity index (χ3n) is 7.08. The molecule has 0 radical (unpaired) electrons. The van der Waals surface area contributed by atoms with Crippen molar-refractivity contribution in [1.29, 1.82) is 0 Å². The molecule has 7 nitrogen and oxygen atoms in total. The summed E-state index contributed by atoms with van der Waals surface area (Å²) in [4.78, 5) is 26.6. The lowest BCUT2D eigenvalue weighted by Crippen LogP contribution is -2.48. The zero-order chi connectivity index (χ0) is 24.0. The van der Waals surface area contributed by atoms with Crippen LogP contribution in [0.1, 0.15) is 54.2 Å². The van der Waals surface area contributed by atoms with Gasteiger partial charge >= 0.3 is 5.69 Å². The van der Waals surface area contributed by atoms with Gasteiger partial charge in [0.2, 0.25) is 0 Å². The van der Waals surface area contributed by atoms with Crippen LogP contribution in [0.15, 0.2) is 15.8 Å². The Bertz CT molecular complexity index is 899. The molecule has 2 rings (SSSR count). The van der Waals surface area contributed by atoms with E-state index in [1.54, 1.807) is 6.20 Å². The van der Waals surface area contributed by atoms with E-state index in [0.29, 0.717) is 16.6 Å². The molecule has 178 valence electrons. The number of aromatic nitrogens is 2. The fourth-order valence-corrected chi connectivity index (χ4v) is 5.69. The summed E-state index contributed by atoms with van der Waals surface area (Å²) in [7, 11) is -4.03. The van der Waals surface area contributed by atoms with Crippen LogP contribution in [0.3, 0.4) is 0 Å². The molecular formula is C21H39IN2O5Si2. The van der Waals surface area contributed by atoms with Gasteiger partial charge < -0.3 is 13.6 Å². The quantitative estimate of drug-likeness (QED) is 0.384. The first-order valence-electron chi connectivity index (χ1n) is 10.8. The van der Waals surface area contributed by atoms with E-state index in [-0.39, 0.29) is 27.8 Å². The van der Waals surface area contributed by atoms with Crippen LogP contribution in [0.5, 0.6) is 0 Å². The normalized spacial score (nSPS) is 23.4. The molecule has 3 atom stereocenters. The lowest BCUT2D eigenvalue weighted by atomic mass is 10.2. The Labute approximate surface area is 201 Å². The molecule has 1 aromatic rings. The van der Waals surface area contributed by atoms with Gasteiger partial charge in [0.15, 0.2) is 16.6 Å². The van der Waals surface area contributed by atoms with Gasteiger partial charge in [0, 0.05) is 12.6 Å². The molecule has 1 aliphatic heterocycles. The summed E-state index contributed by atoms with van der Waals surface area (Å²) in [5, 5.41) is 0.146. The van der Waals surface area contributed by atoms with Crippen LogP contribution in [0.25, 0.3) is 0 Å². The van der Waals surface area contributed by atoms with Crippen LogP contribution in [0.2, 0.25) is 36.3 Å². The molecule has 0 spiro atoms. The van der Waals surface area contributed by atoms with Crippen LogP contribution in [-0.2, 0) is 13.6 Å². The van der Waals surface area contributed by atoms with E-state index in [9.17, 15) is 9.59 Å². The van der Waals surface area contributed by atoms with Crippen LogP contribution in [0, 0.1) is 3.57 Å². The lowest BCUT2D eigenvalue weighted by Gasteiger charge is -2.40. The van der Waals surface area contributed by atoms with E-state index in [2.05, 4.69) is 72.7 Å². The second-order valence-corrected chi connectivity index (χ2v) is 22.2. The topological polar surface area (TPSA) is 82.5 Å². The van der Waals surface area contributed by atoms with Gasteiger partial charge in [-0.05, 0) is 58.9 Å². The van der Waals surface area contributed by atoms with Crippen molar-refractivity contribution in [2.45, 2.75) is 103 Å². The highest BCUT2D eigenvalue weighted by Gasteiger charge is 2.46. The summed E-state index contributed by atoms with van der Waals surface area (Å²) in [6, 6.07) is 0. The van der Waals surface area contributed by atoms with Gasteiger partial charge in [0.05, 0.1) is 16.3 Å². The van der Waals surface area contributed by atoms with Crippen molar-refractivity contribution < 1.29 is 13.6 Å². The molecule has 2 heterocycles. The van der Waals surface area contributed by atoms with E-state index in [1.807, 2.05) is 22.6 Å². The van der Waals surface area contributed by atoms with Gasteiger partial charge in [0.1, 0.15) is 12.3 Å². The molecule has 1 aliphatic rings. The molecule has 0 amide bonds. The largest absolute Gasteiger partial charge is 0.414 e. The standard InChI is InChI=1S/C21H39IN2O5Si2/c1-20(2,3)30(7,8)27-13-16-15(29-31(9,10)21(4,5)6)11-17(28-16)24-12-14(22)18(25)23-19(24)26/h12,15-17H,11,13H2,1-10H3,(H,23,25,26). The Balaban J connectivity index is 2.32. The predicted octanol–water partition coefficient (Wildman–Crippen LogP) is 4.84. The van der Waals surface area contributed by atoms with Gasteiger partial charge in [-0.2, -0.15) is 0 Å². The third-order valence-corrected chi connectivity index (χ3v) is 16.9. The minimum absolute atomic E-state index is 0.0557. The Hall–Kier alpha value is -0.276. The molecular weight excluding hydrogens is 543 g/mol. The van der Waals surface area contributed by atoms with Gasteiger partial charge in [0.25, 0.3) is 5.56 Å². The van der Waals surface area contributed by atoms with Crippen molar-refractivity contribution >= 4 is 39.2 Å². The third kappa shape index (κ3) is 6.20. The second-order valence-electron chi connectivity index (χ2n) is 11.5. The molecule has 0 aliphatic carbocycles. The zero-order valence-corrected chi connectivity index (χ0v) is 24.7. The average Bonchev–Trinajstić information content (AvgIpc) is 2.96. The van der Waals surface area contributed by atoms with E-state index in [1.165, 1.54) is 4.57 Å². The number of nitrogens with zero attached hydrogens (tertiary/aromatic N) is 1. The molecule has 10 heteroatoms. The highest BCUT2D eigenvalue weighted by Crippen LogP contribution is 2.42. The second kappa shape index (κ2) is 9.17. The number of nitrogens with one attached hydrogen (secondary N) is 1. The summed E-state index contributed by atoms with van der Waals surface area (Å²) < 4.78 is 21.5. The van der Waals surface area contributed by atoms with Gasteiger partial charge in [-0.15, -0.1) is 0 Å². The molecule has 31 heavy (non-hydrogen) atoms. The number of halogens is 1. The Kier molecular flexibility index (Phi) is 7.98. The molecule has 3 unspecified atom stereocenters. The summed E-state index contributed by atoms with van der Waals surface area (Å²) in [6.45, 7) is 22.6. The van der Waals surface area contributed by atoms with Crippen LogP contribution < -0.4 is 11.2 Å². The van der Waals surface area contributed by atoms with Gasteiger partial charge in [-0.1, -0.05) is 41.5 Å². The molecule has 1 saturated heterocycles. The SMILES string of the molecule is CC(C)(C)[Si](C)(C)OCC1OC(n2cc(I)c(=O)[nH]c2=O)CC1O[Si](C)(C)C(C)(C)C. The highest BCUT2D eigenvalue weighted by atomic mass is 127. The van der Waals surface area contributed by atoms with Crippen LogP contribution in [-0.4, -0.2) is 45.0 Å². The van der Waals surface area contributed by atoms with E-state index >= 15 is 0 Å². The molecule has 0 saturated carbocycles. The fraction of sp³-hybridized carbons (Fsp3) is 0.810. The molecule has 1 fully saturated rings. The number of H-pyrrole nitrogens is 1. The monoisotopic (exact) mass is 582 g/mol. The Morgan fingerprint density at radius 1 is 1.10 bits per heavy atom. The van der Waals surface area contributed by atoms with Crippen molar-refractivity contribution in [1.82, 2.24) is 9.55 Å². The first-order chi connectivity index (χ1) is 13.9. The fourth-order valence-electron chi connectivity index (χ4n) is 2.88. The molecule has 1 N–H and O–H groups in total. The number of rotatable bonds is 6. The molecule has 1 aromatic heterocycles. The minimum atomic E-state index is -2.06. The smallest absolute Gasteiger partial charge is 0.330 e. The maximum absolute atomic E-state index is 12.5. The Morgan fingerprint density at radius 2 is 1.65 bits per heavy atom. The van der Waals surface area contributed by atoms with Crippen molar-refractivity contribution in [3.8, 4) is 0 Å². The number of hydrogen-bond acceptors (Lipinski definition) is 5.